The summed E-state index contributed by atoms with van der Waals surface area (Å²) < 4.78 is 29.3. The lowest BCUT2D eigenvalue weighted by Crippen LogP contribution is -2.52. The second-order valence-electron chi connectivity index (χ2n) is 7.62. The van der Waals surface area contributed by atoms with Crippen LogP contribution in [0.25, 0.3) is 0 Å². The minimum Gasteiger partial charge on any atom is -0.384 e. The Balaban J connectivity index is 0.00000210. The molecule has 0 aliphatic carbocycles. The summed E-state index contributed by atoms with van der Waals surface area (Å²) >= 11 is 0. The lowest BCUT2D eigenvalue weighted by atomic mass is 10.1. The van der Waals surface area contributed by atoms with Gasteiger partial charge in [0.05, 0.1) is 0 Å². The van der Waals surface area contributed by atoms with Gasteiger partial charge in [0.2, 0.25) is 0 Å². The van der Waals surface area contributed by atoms with Gasteiger partial charge < -0.3 is 5.32 Å². The van der Waals surface area contributed by atoms with Crippen molar-refractivity contribution in [2.75, 3.05) is 51.1 Å². The van der Waals surface area contributed by atoms with E-state index in [0.717, 1.165) is 58.3 Å². The molecule has 1 N–H and O–H groups in total. The first-order valence-electron chi connectivity index (χ1n) is 9.97. The van der Waals surface area contributed by atoms with Crippen LogP contribution >= 0.6 is 12.4 Å². The summed E-state index contributed by atoms with van der Waals surface area (Å²) in [5, 5.41) is 3.50. The van der Waals surface area contributed by atoms with Crippen LogP contribution in [0, 0.1) is 0 Å². The van der Waals surface area contributed by atoms with Crippen LogP contribution in [0.4, 0.5) is 5.69 Å². The molecule has 2 saturated heterocycles. The fraction of sp³-hybridized carbons (Fsp3) is 0.684. The van der Waals surface area contributed by atoms with Gasteiger partial charge in [-0.1, -0.05) is 31.0 Å². The van der Waals surface area contributed by atoms with Gasteiger partial charge in [0, 0.05) is 58.0 Å². The van der Waals surface area contributed by atoms with Gasteiger partial charge in [0.15, 0.2) is 0 Å². The molecular formula is C19H31ClN4O2S. The minimum atomic E-state index is -3.29. The highest BCUT2D eigenvalue weighted by molar-refractivity contribution is 7.86. The molecule has 0 unspecified atom stereocenters. The number of hydrogen-bond acceptors (Lipinski definition) is 4. The van der Waals surface area contributed by atoms with E-state index in [1.165, 1.54) is 16.8 Å². The van der Waals surface area contributed by atoms with Crippen LogP contribution < -0.4 is 5.32 Å². The third-order valence-electron chi connectivity index (χ3n) is 5.88. The zero-order chi connectivity index (χ0) is 18.0. The van der Waals surface area contributed by atoms with Crippen molar-refractivity contribution in [1.82, 2.24) is 13.5 Å². The molecule has 0 amide bonds. The third-order valence-corrected chi connectivity index (χ3v) is 7.91. The largest absolute Gasteiger partial charge is 0.384 e. The predicted molar refractivity (Wildman–Crippen MR) is 112 cm³/mol. The van der Waals surface area contributed by atoms with Gasteiger partial charge in [0.25, 0.3) is 10.2 Å². The van der Waals surface area contributed by atoms with Gasteiger partial charge in [-0.15, -0.1) is 12.4 Å². The summed E-state index contributed by atoms with van der Waals surface area (Å²) in [6.45, 7) is 6.09. The molecule has 1 aromatic carbocycles. The number of halogens is 1. The Hall–Kier alpha value is -0.860. The van der Waals surface area contributed by atoms with E-state index in [9.17, 15) is 8.42 Å². The molecule has 0 aromatic heterocycles. The van der Waals surface area contributed by atoms with E-state index in [4.69, 9.17) is 0 Å². The SMILES string of the molecule is Cl.O=S(=O)(N1CCCCCC1)N1CCN(Cc2cccc3c2NCC3)CC1. The van der Waals surface area contributed by atoms with Crippen LogP contribution in [0.5, 0.6) is 0 Å². The zero-order valence-electron chi connectivity index (χ0n) is 15.9. The van der Waals surface area contributed by atoms with Crippen molar-refractivity contribution >= 4 is 28.3 Å². The van der Waals surface area contributed by atoms with E-state index in [2.05, 4.69) is 28.4 Å². The normalized spacial score (nSPS) is 22.5. The van der Waals surface area contributed by atoms with E-state index in [1.807, 2.05) is 0 Å². The summed E-state index contributed by atoms with van der Waals surface area (Å²) in [6, 6.07) is 6.53. The molecule has 3 aliphatic heterocycles. The average molecular weight is 415 g/mol. The van der Waals surface area contributed by atoms with Crippen molar-refractivity contribution in [2.45, 2.75) is 38.6 Å². The Morgan fingerprint density at radius 2 is 1.56 bits per heavy atom. The predicted octanol–water partition coefficient (Wildman–Crippen LogP) is 2.31. The monoisotopic (exact) mass is 414 g/mol. The van der Waals surface area contributed by atoms with Gasteiger partial charge >= 0.3 is 0 Å². The van der Waals surface area contributed by atoms with Crippen molar-refractivity contribution in [1.29, 1.82) is 0 Å². The molecule has 8 heteroatoms. The topological polar surface area (TPSA) is 55.9 Å². The highest BCUT2D eigenvalue weighted by Crippen LogP contribution is 2.28. The van der Waals surface area contributed by atoms with E-state index < -0.39 is 10.2 Å². The molecule has 152 valence electrons. The number of para-hydroxylation sites is 1. The second kappa shape index (κ2) is 9.09. The summed E-state index contributed by atoms with van der Waals surface area (Å²) in [6.07, 6.45) is 5.38. The van der Waals surface area contributed by atoms with Crippen LogP contribution in [0.15, 0.2) is 18.2 Å². The summed E-state index contributed by atoms with van der Waals surface area (Å²) in [5.41, 5.74) is 4.04. The van der Waals surface area contributed by atoms with Gasteiger partial charge in [-0.25, -0.2) is 0 Å². The van der Waals surface area contributed by atoms with E-state index >= 15 is 0 Å². The quantitative estimate of drug-likeness (QED) is 0.821. The van der Waals surface area contributed by atoms with Crippen LogP contribution in [-0.4, -0.2) is 67.7 Å². The lowest BCUT2D eigenvalue weighted by Gasteiger charge is -2.36. The Kier molecular flexibility index (Phi) is 7.03. The molecule has 3 aliphatic rings. The number of hydrogen-bond donors (Lipinski definition) is 1. The van der Waals surface area contributed by atoms with Gasteiger partial charge in [0.1, 0.15) is 0 Å². The fourth-order valence-corrected chi connectivity index (χ4v) is 6.01. The number of nitrogens with zero attached hydrogens (tertiary/aromatic N) is 3. The zero-order valence-corrected chi connectivity index (χ0v) is 17.5. The van der Waals surface area contributed by atoms with E-state index in [-0.39, 0.29) is 12.4 Å². The molecule has 2 fully saturated rings. The molecular weight excluding hydrogens is 384 g/mol. The fourth-order valence-electron chi connectivity index (χ4n) is 4.34. The lowest BCUT2D eigenvalue weighted by molar-refractivity contribution is 0.175. The number of nitrogens with one attached hydrogen (secondary N) is 1. The summed E-state index contributed by atoms with van der Waals surface area (Å²) in [7, 11) is -3.29. The molecule has 0 atom stereocenters. The first-order valence-corrected chi connectivity index (χ1v) is 11.4. The highest BCUT2D eigenvalue weighted by Gasteiger charge is 2.32. The van der Waals surface area contributed by atoms with Crippen LogP contribution in [-0.2, 0) is 23.2 Å². The van der Waals surface area contributed by atoms with Crippen LogP contribution in [0.3, 0.4) is 0 Å². The molecule has 27 heavy (non-hydrogen) atoms. The molecule has 0 radical (unpaired) electrons. The van der Waals surface area contributed by atoms with E-state index in [0.29, 0.717) is 26.2 Å². The number of piperazine rings is 1. The van der Waals surface area contributed by atoms with E-state index in [1.54, 1.807) is 8.61 Å². The number of rotatable bonds is 4. The maximum atomic E-state index is 12.9. The van der Waals surface area contributed by atoms with Gasteiger partial charge in [-0.05, 0) is 30.4 Å². The minimum absolute atomic E-state index is 0. The summed E-state index contributed by atoms with van der Waals surface area (Å²) in [5.74, 6) is 0. The van der Waals surface area contributed by atoms with Crippen molar-refractivity contribution < 1.29 is 8.42 Å². The Morgan fingerprint density at radius 1 is 0.889 bits per heavy atom. The number of anilines is 1. The number of benzene rings is 1. The number of fused-ring (bicyclic) bond motifs is 1. The Bertz CT molecular complexity index is 727. The smallest absolute Gasteiger partial charge is 0.282 e. The van der Waals surface area contributed by atoms with Crippen LogP contribution in [0.2, 0.25) is 0 Å². The van der Waals surface area contributed by atoms with Crippen molar-refractivity contribution in [3.05, 3.63) is 29.3 Å². The highest BCUT2D eigenvalue weighted by atomic mass is 35.5. The maximum Gasteiger partial charge on any atom is 0.282 e. The van der Waals surface area contributed by atoms with Crippen LogP contribution in [0.1, 0.15) is 36.8 Å². The van der Waals surface area contributed by atoms with Crippen molar-refractivity contribution in [3.8, 4) is 0 Å². The summed E-state index contributed by atoms with van der Waals surface area (Å²) in [4.78, 5) is 2.38. The van der Waals surface area contributed by atoms with Crippen molar-refractivity contribution in [2.24, 2.45) is 0 Å². The molecule has 0 bridgehead atoms. The molecule has 0 saturated carbocycles. The second-order valence-corrected chi connectivity index (χ2v) is 9.55. The molecule has 6 nitrogen and oxygen atoms in total. The average Bonchev–Trinajstić information content (AvgIpc) is 2.96. The molecule has 4 rings (SSSR count). The Labute approximate surface area is 169 Å². The van der Waals surface area contributed by atoms with Gasteiger partial charge in [-0.2, -0.15) is 17.0 Å². The molecule has 1 aromatic rings. The third kappa shape index (κ3) is 4.59. The van der Waals surface area contributed by atoms with Gasteiger partial charge in [-0.3, -0.25) is 4.90 Å². The Morgan fingerprint density at radius 3 is 2.26 bits per heavy atom. The first kappa shape index (κ1) is 20.9. The standard InChI is InChI=1S/C19H30N4O2S.ClH/c24-26(25,22-10-3-1-2-4-11-22)23-14-12-21(13-15-23)16-18-7-5-6-17-8-9-20-19(17)18;/h5-7,20H,1-4,8-16H2;1H. The molecule has 3 heterocycles. The first-order chi connectivity index (χ1) is 12.6. The molecule has 0 spiro atoms. The van der Waals surface area contributed by atoms with Crippen molar-refractivity contribution in [3.63, 3.8) is 0 Å². The maximum absolute atomic E-state index is 12.9.